The molecule has 0 amide bonds. The number of halogens is 1. The highest BCUT2D eigenvalue weighted by molar-refractivity contribution is 7.92. The van der Waals surface area contributed by atoms with Crippen molar-refractivity contribution in [3.63, 3.8) is 0 Å². The van der Waals surface area contributed by atoms with Crippen molar-refractivity contribution in [2.24, 2.45) is 0 Å². The van der Waals surface area contributed by atoms with Crippen molar-refractivity contribution >= 4 is 27.3 Å². The monoisotopic (exact) mass is 474 g/mol. The second-order valence-electron chi connectivity index (χ2n) is 8.59. The van der Waals surface area contributed by atoms with E-state index in [1.54, 1.807) is 48.5 Å². The number of benzene rings is 2. The van der Waals surface area contributed by atoms with Gasteiger partial charge in [-0.1, -0.05) is 36.7 Å². The van der Waals surface area contributed by atoms with E-state index in [1.807, 2.05) is 0 Å². The van der Waals surface area contributed by atoms with E-state index in [0.717, 1.165) is 18.7 Å². The van der Waals surface area contributed by atoms with Gasteiger partial charge in [0, 0.05) is 35.3 Å². The topological polar surface area (TPSA) is 86.1 Å². The van der Waals surface area contributed by atoms with Crippen LogP contribution in [0.1, 0.15) is 45.5 Å². The van der Waals surface area contributed by atoms with E-state index in [4.69, 9.17) is 16.3 Å². The largest absolute Gasteiger partial charge is 0.381 e. The Bertz CT molecular complexity index is 1200. The molecule has 0 bridgehead atoms. The van der Waals surface area contributed by atoms with E-state index in [-0.39, 0.29) is 16.4 Å². The van der Waals surface area contributed by atoms with Gasteiger partial charge >= 0.3 is 0 Å². The summed E-state index contributed by atoms with van der Waals surface area (Å²) in [5.41, 5.74) is 0.812. The second-order valence-corrected chi connectivity index (χ2v) is 10.7. The minimum atomic E-state index is -3.78. The fourth-order valence-corrected chi connectivity index (χ4v) is 5.29. The van der Waals surface area contributed by atoms with Crippen LogP contribution in [-0.4, -0.2) is 36.4 Å². The predicted octanol–water partition coefficient (Wildman–Crippen LogP) is 5.05. The van der Waals surface area contributed by atoms with Crippen LogP contribution in [0.25, 0.3) is 11.4 Å². The molecule has 0 unspecified atom stereocenters. The molecule has 9 heteroatoms. The Labute approximate surface area is 193 Å². The minimum Gasteiger partial charge on any atom is -0.381 e. The van der Waals surface area contributed by atoms with Crippen LogP contribution in [0.3, 0.4) is 0 Å². The maximum atomic E-state index is 13.0. The Morgan fingerprint density at radius 1 is 1.09 bits per heavy atom. The van der Waals surface area contributed by atoms with E-state index in [1.165, 1.54) is 0 Å². The van der Waals surface area contributed by atoms with Crippen molar-refractivity contribution in [2.45, 2.75) is 50.0 Å². The van der Waals surface area contributed by atoms with E-state index < -0.39 is 10.0 Å². The summed E-state index contributed by atoms with van der Waals surface area (Å²) in [5.74, 6) is 1.46. The summed E-state index contributed by atoms with van der Waals surface area (Å²) in [6.45, 7) is 7.67. The summed E-state index contributed by atoms with van der Waals surface area (Å²) >= 11 is 6.32. The average molecular weight is 475 g/mol. The summed E-state index contributed by atoms with van der Waals surface area (Å²) < 4.78 is 36.3. The molecule has 1 N–H and O–H groups in total. The third kappa shape index (κ3) is 4.40. The van der Waals surface area contributed by atoms with Crippen LogP contribution in [0.2, 0.25) is 5.02 Å². The summed E-state index contributed by atoms with van der Waals surface area (Å²) in [7, 11) is -3.78. The number of hydrogen-bond acceptors (Lipinski definition) is 5. The molecule has 0 aliphatic carbocycles. The molecule has 1 aromatic heterocycles. The molecule has 1 fully saturated rings. The zero-order valence-electron chi connectivity index (χ0n) is 18.4. The van der Waals surface area contributed by atoms with Crippen LogP contribution in [0, 0.1) is 0 Å². The lowest BCUT2D eigenvalue weighted by molar-refractivity contribution is 0.0519. The van der Waals surface area contributed by atoms with Crippen molar-refractivity contribution in [3.8, 4) is 11.4 Å². The SMILES string of the molecule is CC(C)n1c(-c2cc(Cl)ccc2NS(=O)(=O)c2ccccc2)nnc1C1(C)CCOCC1. The molecule has 0 radical (unpaired) electrons. The molecule has 1 aliphatic rings. The number of nitrogens with zero attached hydrogens (tertiary/aromatic N) is 3. The summed E-state index contributed by atoms with van der Waals surface area (Å²) in [5, 5.41) is 9.57. The van der Waals surface area contributed by atoms with Crippen molar-refractivity contribution in [3.05, 3.63) is 59.4 Å². The van der Waals surface area contributed by atoms with Gasteiger partial charge in [-0.2, -0.15) is 0 Å². The van der Waals surface area contributed by atoms with Gasteiger partial charge in [-0.05, 0) is 57.0 Å². The number of anilines is 1. The van der Waals surface area contributed by atoms with Crippen molar-refractivity contribution in [1.82, 2.24) is 14.8 Å². The molecule has 1 saturated heterocycles. The minimum absolute atomic E-state index is 0.0623. The summed E-state index contributed by atoms with van der Waals surface area (Å²) in [6, 6.07) is 13.4. The quantitative estimate of drug-likeness (QED) is 0.540. The normalized spacial score (nSPS) is 16.3. The van der Waals surface area contributed by atoms with E-state index in [0.29, 0.717) is 35.3 Å². The highest BCUT2D eigenvalue weighted by atomic mass is 35.5. The molecule has 0 spiro atoms. The van der Waals surface area contributed by atoms with Gasteiger partial charge in [-0.15, -0.1) is 10.2 Å². The van der Waals surface area contributed by atoms with Crippen LogP contribution >= 0.6 is 11.6 Å². The lowest BCUT2D eigenvalue weighted by atomic mass is 9.81. The molecule has 2 aromatic carbocycles. The molecular formula is C23H27ClN4O3S. The molecule has 170 valence electrons. The Hall–Kier alpha value is -2.42. The maximum Gasteiger partial charge on any atom is 0.261 e. The molecular weight excluding hydrogens is 448 g/mol. The van der Waals surface area contributed by atoms with Gasteiger partial charge in [0.1, 0.15) is 5.82 Å². The first-order chi connectivity index (χ1) is 15.2. The third-order valence-electron chi connectivity index (χ3n) is 5.87. The fourth-order valence-electron chi connectivity index (χ4n) is 4.02. The van der Waals surface area contributed by atoms with E-state index in [2.05, 4.69) is 40.3 Å². The Balaban J connectivity index is 1.82. The van der Waals surface area contributed by atoms with Crippen LogP contribution < -0.4 is 4.72 Å². The number of aromatic nitrogens is 3. The fraction of sp³-hybridized carbons (Fsp3) is 0.391. The van der Waals surface area contributed by atoms with E-state index >= 15 is 0 Å². The van der Waals surface area contributed by atoms with Crippen LogP contribution in [0.4, 0.5) is 5.69 Å². The standard InChI is InChI=1S/C23H27ClN4O3S/c1-16(2)28-21(25-26-22(28)23(3)11-13-31-14-12-23)19-15-17(24)9-10-20(19)27-32(29,30)18-7-5-4-6-8-18/h4-10,15-16,27H,11-14H2,1-3H3. The maximum absolute atomic E-state index is 13.0. The lowest BCUT2D eigenvalue weighted by Gasteiger charge is -2.33. The zero-order chi connectivity index (χ0) is 22.9. The van der Waals surface area contributed by atoms with Crippen LogP contribution in [0.15, 0.2) is 53.4 Å². The second kappa shape index (κ2) is 8.84. The van der Waals surface area contributed by atoms with Gasteiger partial charge in [-0.25, -0.2) is 8.42 Å². The van der Waals surface area contributed by atoms with Crippen molar-refractivity contribution < 1.29 is 13.2 Å². The van der Waals surface area contributed by atoms with Gasteiger partial charge < -0.3 is 9.30 Å². The number of sulfonamides is 1. The van der Waals surface area contributed by atoms with Crippen molar-refractivity contribution in [1.29, 1.82) is 0 Å². The number of nitrogens with one attached hydrogen (secondary N) is 1. The number of hydrogen-bond donors (Lipinski definition) is 1. The van der Waals surface area contributed by atoms with Gasteiger partial charge in [0.25, 0.3) is 10.0 Å². The van der Waals surface area contributed by atoms with Gasteiger partial charge in [0.2, 0.25) is 0 Å². The predicted molar refractivity (Wildman–Crippen MR) is 126 cm³/mol. The molecule has 32 heavy (non-hydrogen) atoms. The first-order valence-electron chi connectivity index (χ1n) is 10.6. The first kappa shape index (κ1) is 22.8. The molecule has 4 rings (SSSR count). The average Bonchev–Trinajstić information content (AvgIpc) is 3.22. The highest BCUT2D eigenvalue weighted by Crippen LogP contribution is 2.39. The molecule has 0 saturated carbocycles. The summed E-state index contributed by atoms with van der Waals surface area (Å²) in [6.07, 6.45) is 1.70. The first-order valence-corrected chi connectivity index (χ1v) is 12.5. The molecule has 2 heterocycles. The Kier molecular flexibility index (Phi) is 6.29. The van der Waals surface area contributed by atoms with Crippen LogP contribution in [-0.2, 0) is 20.2 Å². The van der Waals surface area contributed by atoms with Crippen molar-refractivity contribution in [2.75, 3.05) is 17.9 Å². The molecule has 0 atom stereocenters. The summed E-state index contributed by atoms with van der Waals surface area (Å²) in [4.78, 5) is 0.182. The van der Waals surface area contributed by atoms with Gasteiger partial charge in [-0.3, -0.25) is 4.72 Å². The lowest BCUT2D eigenvalue weighted by Crippen LogP contribution is -2.34. The number of rotatable bonds is 6. The number of ether oxygens (including phenoxy) is 1. The Morgan fingerprint density at radius 3 is 2.44 bits per heavy atom. The van der Waals surface area contributed by atoms with E-state index in [9.17, 15) is 8.42 Å². The molecule has 1 aliphatic heterocycles. The van der Waals surface area contributed by atoms with Crippen LogP contribution in [0.5, 0.6) is 0 Å². The van der Waals surface area contributed by atoms with Gasteiger partial charge in [0.15, 0.2) is 5.82 Å². The third-order valence-corrected chi connectivity index (χ3v) is 7.49. The van der Waals surface area contributed by atoms with Gasteiger partial charge in [0.05, 0.1) is 10.6 Å². The molecule has 7 nitrogen and oxygen atoms in total. The highest BCUT2D eigenvalue weighted by Gasteiger charge is 2.36. The Morgan fingerprint density at radius 2 is 1.78 bits per heavy atom. The molecule has 3 aromatic rings. The zero-order valence-corrected chi connectivity index (χ0v) is 19.9. The smallest absolute Gasteiger partial charge is 0.261 e.